The Bertz CT molecular complexity index is 912. The van der Waals surface area contributed by atoms with E-state index in [9.17, 15) is 9.59 Å². The molecule has 2 aromatic carbocycles. The van der Waals surface area contributed by atoms with Gasteiger partial charge in [0.1, 0.15) is 0 Å². The number of halogens is 1. The van der Waals surface area contributed by atoms with Crippen molar-refractivity contribution in [3.05, 3.63) is 59.1 Å². The second kappa shape index (κ2) is 10.2. The van der Waals surface area contributed by atoms with Crippen molar-refractivity contribution >= 4 is 34.8 Å². The molecule has 0 aromatic heterocycles. The van der Waals surface area contributed by atoms with Crippen LogP contribution >= 0.6 is 11.6 Å². The molecule has 1 N–H and O–H groups in total. The summed E-state index contributed by atoms with van der Waals surface area (Å²) >= 11 is 6.19. The van der Waals surface area contributed by atoms with Crippen molar-refractivity contribution < 1.29 is 9.59 Å². The highest BCUT2D eigenvalue weighted by atomic mass is 35.5. The SMILES string of the molecule is O=C(CN1CCCN(C(=O)c2ccccc2Cl)CC1)Nc1ccc(N2CCCC2)cc1. The third-order valence-corrected chi connectivity index (χ3v) is 6.30. The van der Waals surface area contributed by atoms with Gasteiger partial charge >= 0.3 is 0 Å². The highest BCUT2D eigenvalue weighted by Crippen LogP contribution is 2.22. The Morgan fingerprint density at radius 2 is 1.58 bits per heavy atom. The summed E-state index contributed by atoms with van der Waals surface area (Å²) < 4.78 is 0. The molecule has 0 saturated carbocycles. The molecular formula is C24H29ClN4O2. The summed E-state index contributed by atoms with van der Waals surface area (Å²) in [4.78, 5) is 31.7. The van der Waals surface area contributed by atoms with Crippen LogP contribution in [0.5, 0.6) is 0 Å². The average Bonchev–Trinajstić information content (AvgIpc) is 3.21. The minimum absolute atomic E-state index is 0.0280. The van der Waals surface area contributed by atoms with Gasteiger partial charge in [-0.25, -0.2) is 0 Å². The molecule has 2 saturated heterocycles. The molecule has 4 rings (SSSR count). The van der Waals surface area contributed by atoms with E-state index in [-0.39, 0.29) is 11.8 Å². The van der Waals surface area contributed by atoms with E-state index in [1.807, 2.05) is 29.2 Å². The molecule has 2 aliphatic heterocycles. The van der Waals surface area contributed by atoms with Crippen molar-refractivity contribution in [2.24, 2.45) is 0 Å². The first kappa shape index (κ1) is 21.7. The van der Waals surface area contributed by atoms with Crippen LogP contribution in [0.2, 0.25) is 5.02 Å². The summed E-state index contributed by atoms with van der Waals surface area (Å²) in [5, 5.41) is 3.47. The van der Waals surface area contributed by atoms with Gasteiger partial charge in [0.25, 0.3) is 5.91 Å². The number of nitrogens with one attached hydrogen (secondary N) is 1. The lowest BCUT2D eigenvalue weighted by Crippen LogP contribution is -2.38. The van der Waals surface area contributed by atoms with Gasteiger partial charge in [0.15, 0.2) is 0 Å². The molecule has 0 atom stereocenters. The molecule has 2 heterocycles. The summed E-state index contributed by atoms with van der Waals surface area (Å²) in [5.41, 5.74) is 2.57. The summed E-state index contributed by atoms with van der Waals surface area (Å²) in [6, 6.07) is 15.2. The van der Waals surface area contributed by atoms with Gasteiger partial charge in [0.05, 0.1) is 17.1 Å². The minimum atomic E-state index is -0.0463. The Kier molecular flexibility index (Phi) is 7.10. The Labute approximate surface area is 188 Å². The van der Waals surface area contributed by atoms with Gasteiger partial charge in [0, 0.05) is 50.6 Å². The maximum absolute atomic E-state index is 12.8. The van der Waals surface area contributed by atoms with Gasteiger partial charge in [-0.3, -0.25) is 14.5 Å². The van der Waals surface area contributed by atoms with E-state index in [4.69, 9.17) is 11.6 Å². The predicted octanol–water partition coefficient (Wildman–Crippen LogP) is 3.73. The fourth-order valence-corrected chi connectivity index (χ4v) is 4.49. The molecule has 0 bridgehead atoms. The maximum Gasteiger partial charge on any atom is 0.255 e. The molecule has 0 spiro atoms. The number of anilines is 2. The number of nitrogens with zero attached hydrogens (tertiary/aromatic N) is 3. The second-order valence-electron chi connectivity index (χ2n) is 8.19. The lowest BCUT2D eigenvalue weighted by Gasteiger charge is -2.22. The lowest BCUT2D eigenvalue weighted by molar-refractivity contribution is -0.117. The van der Waals surface area contributed by atoms with Crippen molar-refractivity contribution in [3.63, 3.8) is 0 Å². The summed E-state index contributed by atoms with van der Waals surface area (Å²) in [6.07, 6.45) is 3.32. The Morgan fingerprint density at radius 1 is 0.839 bits per heavy atom. The zero-order chi connectivity index (χ0) is 21.6. The smallest absolute Gasteiger partial charge is 0.255 e. The molecule has 0 aliphatic carbocycles. The van der Waals surface area contributed by atoms with Gasteiger partial charge in [-0.1, -0.05) is 23.7 Å². The number of hydrogen-bond donors (Lipinski definition) is 1. The molecule has 7 heteroatoms. The second-order valence-corrected chi connectivity index (χ2v) is 8.60. The zero-order valence-electron chi connectivity index (χ0n) is 17.7. The van der Waals surface area contributed by atoms with Gasteiger partial charge in [0.2, 0.25) is 5.91 Å². The Hall–Kier alpha value is -2.57. The van der Waals surface area contributed by atoms with Gasteiger partial charge in [-0.2, -0.15) is 0 Å². The van der Waals surface area contributed by atoms with E-state index < -0.39 is 0 Å². The number of carbonyl (C=O) groups excluding carboxylic acids is 2. The minimum Gasteiger partial charge on any atom is -0.372 e. The molecule has 2 fully saturated rings. The van der Waals surface area contributed by atoms with Crippen LogP contribution in [0.4, 0.5) is 11.4 Å². The van der Waals surface area contributed by atoms with E-state index in [1.165, 1.54) is 18.5 Å². The van der Waals surface area contributed by atoms with Crippen molar-refractivity contribution in [1.29, 1.82) is 0 Å². The molecule has 2 aromatic rings. The van der Waals surface area contributed by atoms with Gasteiger partial charge in [-0.15, -0.1) is 0 Å². The first-order valence-corrected chi connectivity index (χ1v) is 11.4. The largest absolute Gasteiger partial charge is 0.372 e. The predicted molar refractivity (Wildman–Crippen MR) is 125 cm³/mol. The van der Waals surface area contributed by atoms with Crippen LogP contribution in [0.15, 0.2) is 48.5 Å². The van der Waals surface area contributed by atoms with Crippen LogP contribution in [0.3, 0.4) is 0 Å². The molecule has 6 nitrogen and oxygen atoms in total. The highest BCUT2D eigenvalue weighted by Gasteiger charge is 2.22. The fourth-order valence-electron chi connectivity index (χ4n) is 4.27. The number of hydrogen-bond acceptors (Lipinski definition) is 4. The van der Waals surface area contributed by atoms with Crippen molar-refractivity contribution in [2.75, 3.05) is 56.0 Å². The van der Waals surface area contributed by atoms with Crippen molar-refractivity contribution in [3.8, 4) is 0 Å². The average molecular weight is 441 g/mol. The third kappa shape index (κ3) is 5.57. The molecule has 31 heavy (non-hydrogen) atoms. The lowest BCUT2D eigenvalue weighted by atomic mass is 10.2. The van der Waals surface area contributed by atoms with E-state index in [1.54, 1.807) is 12.1 Å². The van der Waals surface area contributed by atoms with Crippen LogP contribution in [0.25, 0.3) is 0 Å². The highest BCUT2D eigenvalue weighted by molar-refractivity contribution is 6.33. The van der Waals surface area contributed by atoms with Crippen molar-refractivity contribution in [2.45, 2.75) is 19.3 Å². The number of amides is 2. The zero-order valence-corrected chi connectivity index (χ0v) is 18.5. The summed E-state index contributed by atoms with van der Waals surface area (Å²) in [7, 11) is 0. The number of carbonyl (C=O) groups is 2. The van der Waals surface area contributed by atoms with Crippen molar-refractivity contribution in [1.82, 2.24) is 9.80 Å². The monoisotopic (exact) mass is 440 g/mol. The van der Waals surface area contributed by atoms with E-state index in [0.717, 1.165) is 31.7 Å². The molecule has 164 valence electrons. The molecule has 2 aliphatic rings. The number of rotatable bonds is 5. The Balaban J connectivity index is 1.27. The third-order valence-electron chi connectivity index (χ3n) is 5.97. The fraction of sp³-hybridized carbons (Fsp3) is 0.417. The van der Waals surface area contributed by atoms with Crippen LogP contribution in [0.1, 0.15) is 29.6 Å². The molecule has 2 amide bonds. The van der Waals surface area contributed by atoms with Gasteiger partial charge < -0.3 is 15.1 Å². The molecule has 0 radical (unpaired) electrons. The quantitative estimate of drug-likeness (QED) is 0.769. The summed E-state index contributed by atoms with van der Waals surface area (Å²) in [6.45, 7) is 5.24. The molecular weight excluding hydrogens is 412 g/mol. The first-order chi connectivity index (χ1) is 15.1. The van der Waals surface area contributed by atoms with E-state index >= 15 is 0 Å². The van der Waals surface area contributed by atoms with E-state index in [2.05, 4.69) is 27.2 Å². The van der Waals surface area contributed by atoms with E-state index in [0.29, 0.717) is 36.8 Å². The van der Waals surface area contributed by atoms with Crippen LogP contribution in [0, 0.1) is 0 Å². The van der Waals surface area contributed by atoms with Crippen LogP contribution in [-0.4, -0.2) is 67.4 Å². The Morgan fingerprint density at radius 3 is 2.32 bits per heavy atom. The topological polar surface area (TPSA) is 55.9 Å². The standard InChI is InChI=1S/C24H29ClN4O2/c25-22-7-2-1-6-21(22)24(31)29-15-5-12-27(16-17-29)18-23(30)26-19-8-10-20(11-9-19)28-13-3-4-14-28/h1-2,6-11H,3-5,12-18H2,(H,26,30). The van der Waals surface area contributed by atoms with Gasteiger partial charge in [-0.05, 0) is 55.7 Å². The van der Waals surface area contributed by atoms with Crippen LogP contribution < -0.4 is 10.2 Å². The van der Waals surface area contributed by atoms with Crippen LogP contribution in [-0.2, 0) is 4.79 Å². The molecule has 0 unspecified atom stereocenters. The first-order valence-electron chi connectivity index (χ1n) is 11.0. The maximum atomic E-state index is 12.8. The summed E-state index contributed by atoms with van der Waals surface area (Å²) in [5.74, 6) is -0.0743. The normalized spacial score (nSPS) is 17.5. The number of benzene rings is 2.